The molecule has 4 nitrogen and oxygen atoms in total. The third-order valence-electron chi connectivity index (χ3n) is 2.35. The van der Waals surface area contributed by atoms with Gasteiger partial charge in [0.05, 0.1) is 18.4 Å². The minimum absolute atomic E-state index is 0.000739. The number of nitrogen functional groups attached to an aromatic ring is 1. The highest BCUT2D eigenvalue weighted by Gasteiger charge is 2.16. The second-order valence-corrected chi connectivity index (χ2v) is 5.33. The van der Waals surface area contributed by atoms with E-state index in [0.29, 0.717) is 6.54 Å². The summed E-state index contributed by atoms with van der Waals surface area (Å²) in [7, 11) is 1.26. The standard InChI is InChI=1S/C13H19FN2O2/c1-13(2,3)7-16-11-5-8(12(17)18-4)10(15)6-9(11)14/h5-6,16H,7,15H2,1-4H3. The molecule has 0 radical (unpaired) electrons. The maximum absolute atomic E-state index is 13.7. The molecule has 0 saturated carbocycles. The Morgan fingerprint density at radius 3 is 2.56 bits per heavy atom. The normalized spacial score (nSPS) is 11.2. The minimum atomic E-state index is -0.577. The maximum Gasteiger partial charge on any atom is 0.340 e. The van der Waals surface area contributed by atoms with Gasteiger partial charge >= 0.3 is 5.97 Å². The van der Waals surface area contributed by atoms with Crippen LogP contribution in [0.3, 0.4) is 0 Å². The number of hydrogen-bond donors (Lipinski definition) is 2. The number of nitrogens with two attached hydrogens (primary N) is 1. The lowest BCUT2D eigenvalue weighted by molar-refractivity contribution is 0.0602. The highest BCUT2D eigenvalue weighted by atomic mass is 19.1. The summed E-state index contributed by atoms with van der Waals surface area (Å²) in [6, 6.07) is 2.50. The molecule has 0 unspecified atom stereocenters. The van der Waals surface area contributed by atoms with Crippen molar-refractivity contribution in [3.8, 4) is 0 Å². The van der Waals surface area contributed by atoms with E-state index in [2.05, 4.69) is 10.1 Å². The number of ether oxygens (including phenoxy) is 1. The summed E-state index contributed by atoms with van der Waals surface area (Å²) >= 11 is 0. The fourth-order valence-electron chi connectivity index (χ4n) is 1.37. The number of halogens is 1. The molecule has 0 fully saturated rings. The number of carbonyl (C=O) groups excluding carboxylic acids is 1. The third kappa shape index (κ3) is 3.61. The molecule has 0 aromatic heterocycles. The van der Waals surface area contributed by atoms with E-state index in [9.17, 15) is 9.18 Å². The second-order valence-electron chi connectivity index (χ2n) is 5.33. The highest BCUT2D eigenvalue weighted by Crippen LogP contribution is 2.24. The van der Waals surface area contributed by atoms with Crippen LogP contribution in [0, 0.1) is 11.2 Å². The SMILES string of the molecule is COC(=O)c1cc(NCC(C)(C)C)c(F)cc1N. The Bertz CT molecular complexity index is 453. The van der Waals surface area contributed by atoms with Gasteiger partial charge in [-0.1, -0.05) is 20.8 Å². The second kappa shape index (κ2) is 5.25. The van der Waals surface area contributed by atoms with E-state index in [1.54, 1.807) is 0 Å². The summed E-state index contributed by atoms with van der Waals surface area (Å²) in [6.07, 6.45) is 0. The van der Waals surface area contributed by atoms with Crippen molar-refractivity contribution in [2.24, 2.45) is 5.41 Å². The molecule has 0 aliphatic carbocycles. The molecule has 0 aliphatic rings. The summed E-state index contributed by atoms with van der Waals surface area (Å²) < 4.78 is 18.3. The molecule has 1 aromatic rings. The lowest BCUT2D eigenvalue weighted by Crippen LogP contribution is -2.20. The fourth-order valence-corrected chi connectivity index (χ4v) is 1.37. The molecule has 1 aromatic carbocycles. The Morgan fingerprint density at radius 1 is 1.44 bits per heavy atom. The van der Waals surface area contributed by atoms with E-state index in [1.807, 2.05) is 20.8 Å². The average Bonchev–Trinajstić information content (AvgIpc) is 2.25. The van der Waals surface area contributed by atoms with Crippen LogP contribution in [0.25, 0.3) is 0 Å². The van der Waals surface area contributed by atoms with Gasteiger partial charge in [-0.3, -0.25) is 0 Å². The molecule has 0 bridgehead atoms. The molecule has 0 saturated heterocycles. The highest BCUT2D eigenvalue weighted by molar-refractivity contribution is 5.96. The summed E-state index contributed by atoms with van der Waals surface area (Å²) in [4.78, 5) is 11.4. The molecule has 5 heteroatoms. The van der Waals surface area contributed by atoms with Crippen LogP contribution < -0.4 is 11.1 Å². The summed E-state index contributed by atoms with van der Waals surface area (Å²) in [5.41, 5.74) is 6.06. The van der Waals surface area contributed by atoms with E-state index in [4.69, 9.17) is 5.73 Å². The van der Waals surface area contributed by atoms with Crippen molar-refractivity contribution in [3.63, 3.8) is 0 Å². The Balaban J connectivity index is 3.02. The number of anilines is 2. The van der Waals surface area contributed by atoms with Gasteiger partial charge in [-0.05, 0) is 17.5 Å². The van der Waals surface area contributed by atoms with Crippen molar-refractivity contribution >= 4 is 17.3 Å². The van der Waals surface area contributed by atoms with E-state index in [0.717, 1.165) is 6.07 Å². The van der Waals surface area contributed by atoms with Crippen LogP contribution in [0.1, 0.15) is 31.1 Å². The van der Waals surface area contributed by atoms with Gasteiger partial charge < -0.3 is 15.8 Å². The van der Waals surface area contributed by atoms with Gasteiger partial charge in [-0.25, -0.2) is 9.18 Å². The van der Waals surface area contributed by atoms with E-state index in [1.165, 1.54) is 13.2 Å². The van der Waals surface area contributed by atoms with Gasteiger partial charge in [-0.2, -0.15) is 0 Å². The van der Waals surface area contributed by atoms with Gasteiger partial charge in [0.2, 0.25) is 0 Å². The van der Waals surface area contributed by atoms with Crippen LogP contribution in [-0.4, -0.2) is 19.6 Å². The van der Waals surface area contributed by atoms with Crippen LogP contribution in [0.5, 0.6) is 0 Å². The van der Waals surface area contributed by atoms with Crippen LogP contribution in [0.2, 0.25) is 0 Å². The Kier molecular flexibility index (Phi) is 4.16. The predicted octanol–water partition coefficient (Wildman–Crippen LogP) is 2.65. The van der Waals surface area contributed by atoms with Crippen molar-refractivity contribution in [2.75, 3.05) is 24.7 Å². The van der Waals surface area contributed by atoms with E-state index < -0.39 is 11.8 Å². The van der Waals surface area contributed by atoms with Gasteiger partial charge in [-0.15, -0.1) is 0 Å². The van der Waals surface area contributed by atoms with Crippen LogP contribution in [0.15, 0.2) is 12.1 Å². The van der Waals surface area contributed by atoms with Crippen molar-refractivity contribution in [1.29, 1.82) is 0 Å². The monoisotopic (exact) mass is 254 g/mol. The van der Waals surface area contributed by atoms with Crippen LogP contribution in [0.4, 0.5) is 15.8 Å². The quantitative estimate of drug-likeness (QED) is 0.643. The Morgan fingerprint density at radius 2 is 2.06 bits per heavy atom. The first kappa shape index (κ1) is 14.3. The topological polar surface area (TPSA) is 64.3 Å². The van der Waals surface area contributed by atoms with Gasteiger partial charge in [0.1, 0.15) is 5.82 Å². The largest absolute Gasteiger partial charge is 0.465 e. The molecule has 18 heavy (non-hydrogen) atoms. The van der Waals surface area contributed by atoms with Crippen molar-refractivity contribution < 1.29 is 13.9 Å². The minimum Gasteiger partial charge on any atom is -0.465 e. The molecule has 3 N–H and O–H groups in total. The molecule has 0 atom stereocenters. The first-order valence-corrected chi connectivity index (χ1v) is 5.66. The number of carbonyl (C=O) groups is 1. The van der Waals surface area contributed by atoms with Crippen molar-refractivity contribution in [3.05, 3.63) is 23.5 Å². The number of methoxy groups -OCH3 is 1. The first-order valence-electron chi connectivity index (χ1n) is 5.66. The summed E-state index contributed by atoms with van der Waals surface area (Å²) in [5, 5.41) is 2.96. The van der Waals surface area contributed by atoms with Gasteiger partial charge in [0.25, 0.3) is 0 Å². The number of rotatable bonds is 3. The summed E-state index contributed by atoms with van der Waals surface area (Å²) in [6.45, 7) is 6.65. The lowest BCUT2D eigenvalue weighted by Gasteiger charge is -2.20. The zero-order valence-electron chi connectivity index (χ0n) is 11.1. The zero-order chi connectivity index (χ0) is 13.9. The smallest absolute Gasteiger partial charge is 0.340 e. The molecule has 0 heterocycles. The molecular formula is C13H19FN2O2. The van der Waals surface area contributed by atoms with Crippen molar-refractivity contribution in [2.45, 2.75) is 20.8 Å². The average molecular weight is 254 g/mol. The molecule has 0 spiro atoms. The van der Waals surface area contributed by atoms with Crippen LogP contribution >= 0.6 is 0 Å². The molecule has 100 valence electrons. The van der Waals surface area contributed by atoms with Crippen molar-refractivity contribution in [1.82, 2.24) is 0 Å². The number of hydrogen-bond acceptors (Lipinski definition) is 4. The first-order chi connectivity index (χ1) is 8.24. The molecule has 1 rings (SSSR count). The maximum atomic E-state index is 13.7. The third-order valence-corrected chi connectivity index (χ3v) is 2.35. The van der Waals surface area contributed by atoms with Gasteiger partial charge in [0.15, 0.2) is 0 Å². The Hall–Kier alpha value is -1.78. The van der Waals surface area contributed by atoms with Crippen LogP contribution in [-0.2, 0) is 4.74 Å². The molecule has 0 aliphatic heterocycles. The van der Waals surface area contributed by atoms with Gasteiger partial charge in [0, 0.05) is 12.2 Å². The summed E-state index contributed by atoms with van der Waals surface area (Å²) in [5.74, 6) is -1.06. The predicted molar refractivity (Wildman–Crippen MR) is 70.1 cm³/mol. The fraction of sp³-hybridized carbons (Fsp3) is 0.462. The number of esters is 1. The Labute approximate surface area is 106 Å². The zero-order valence-corrected chi connectivity index (χ0v) is 11.1. The molecular weight excluding hydrogens is 235 g/mol. The lowest BCUT2D eigenvalue weighted by atomic mass is 9.97. The van der Waals surface area contributed by atoms with E-state index in [-0.39, 0.29) is 22.4 Å². The molecule has 0 amide bonds. The number of nitrogens with one attached hydrogen (secondary N) is 1. The number of benzene rings is 1. The van der Waals surface area contributed by atoms with E-state index >= 15 is 0 Å².